The summed E-state index contributed by atoms with van der Waals surface area (Å²) in [4.78, 5) is 36.3. The van der Waals surface area contributed by atoms with E-state index in [1.54, 1.807) is 0 Å². The van der Waals surface area contributed by atoms with Crippen molar-refractivity contribution in [3.05, 3.63) is 54.1 Å². The Morgan fingerprint density at radius 2 is 1.82 bits per heavy atom. The van der Waals surface area contributed by atoms with E-state index in [0.717, 1.165) is 54.9 Å². The van der Waals surface area contributed by atoms with Crippen LogP contribution in [-0.2, 0) is 17.7 Å². The number of carbonyl (C=O) groups excluding carboxylic acids is 1. The van der Waals surface area contributed by atoms with E-state index < -0.39 is 0 Å². The van der Waals surface area contributed by atoms with Crippen molar-refractivity contribution in [1.29, 1.82) is 0 Å². The molecule has 2 aromatic heterocycles. The normalized spacial score (nSPS) is 25.4. The Hall–Kier alpha value is -1.96. The SMILES string of the molecule is Cc1cc(C)c(CN2CCc3sc([C@H](C)C4CCC(N5CC(OCC6CC6)C5)CC4)c(C)c3C2=O)c(=O)[nH]1. The smallest absolute Gasteiger partial charge is 0.255 e. The average Bonchev–Trinajstić information content (AvgIpc) is 3.63. The molecule has 0 spiro atoms. The molecular formula is C31H43N3O3S. The molecule has 0 aromatic carbocycles. The Morgan fingerprint density at radius 1 is 1.08 bits per heavy atom. The molecule has 206 valence electrons. The maximum Gasteiger partial charge on any atom is 0.255 e. The molecule has 2 aliphatic heterocycles. The van der Waals surface area contributed by atoms with Crippen molar-refractivity contribution >= 4 is 17.2 Å². The molecule has 6 nitrogen and oxygen atoms in total. The minimum Gasteiger partial charge on any atom is -0.375 e. The lowest BCUT2D eigenvalue weighted by Gasteiger charge is -2.46. The number of aromatic amines is 1. The fourth-order valence-corrected chi connectivity index (χ4v) is 8.44. The lowest BCUT2D eigenvalue weighted by atomic mass is 9.76. The first kappa shape index (κ1) is 26.3. The van der Waals surface area contributed by atoms with Gasteiger partial charge in [0.15, 0.2) is 0 Å². The van der Waals surface area contributed by atoms with Crippen molar-refractivity contribution in [1.82, 2.24) is 14.8 Å². The fourth-order valence-electron chi connectivity index (χ4n) is 7.01. The van der Waals surface area contributed by atoms with E-state index >= 15 is 0 Å². The van der Waals surface area contributed by atoms with Gasteiger partial charge in [-0.3, -0.25) is 14.5 Å². The Labute approximate surface area is 230 Å². The molecule has 2 saturated carbocycles. The van der Waals surface area contributed by atoms with Gasteiger partial charge in [0.05, 0.1) is 18.2 Å². The monoisotopic (exact) mass is 537 g/mol. The zero-order valence-electron chi connectivity index (χ0n) is 23.5. The largest absolute Gasteiger partial charge is 0.375 e. The van der Waals surface area contributed by atoms with Gasteiger partial charge in [0.1, 0.15) is 0 Å². The number of likely N-dealkylation sites (tertiary alicyclic amines) is 1. The zero-order valence-corrected chi connectivity index (χ0v) is 24.3. The molecule has 0 bridgehead atoms. The summed E-state index contributed by atoms with van der Waals surface area (Å²) in [6.07, 6.45) is 9.20. The summed E-state index contributed by atoms with van der Waals surface area (Å²) in [5, 5.41) is 0. The quantitative estimate of drug-likeness (QED) is 0.494. The van der Waals surface area contributed by atoms with Crippen LogP contribution in [0.15, 0.2) is 10.9 Å². The molecule has 1 N–H and O–H groups in total. The van der Waals surface area contributed by atoms with Crippen LogP contribution in [0.2, 0.25) is 0 Å². The number of nitrogens with one attached hydrogen (secondary N) is 1. The summed E-state index contributed by atoms with van der Waals surface area (Å²) in [7, 11) is 0. The minimum atomic E-state index is -0.0763. The van der Waals surface area contributed by atoms with Crippen LogP contribution >= 0.6 is 11.3 Å². The Balaban J connectivity index is 1.07. The molecule has 6 rings (SSSR count). The molecule has 3 fully saturated rings. The van der Waals surface area contributed by atoms with Crippen molar-refractivity contribution < 1.29 is 9.53 Å². The third-order valence-corrected chi connectivity index (χ3v) is 11.3. The number of amides is 1. The molecule has 7 heteroatoms. The highest BCUT2D eigenvalue weighted by molar-refractivity contribution is 7.12. The Bertz CT molecular complexity index is 1250. The first-order valence-corrected chi connectivity index (χ1v) is 15.6. The van der Waals surface area contributed by atoms with Gasteiger partial charge >= 0.3 is 0 Å². The molecule has 1 saturated heterocycles. The van der Waals surface area contributed by atoms with Crippen LogP contribution in [0.1, 0.15) is 93.9 Å². The summed E-state index contributed by atoms with van der Waals surface area (Å²) in [6.45, 7) is 12.7. The standard InChI is InChI=1S/C31H43N3O3S/c1-18-13-19(2)32-30(35)26(18)16-33-12-11-27-28(31(33)36)21(4)29(38-27)20(3)23-7-9-24(10-8-23)34-14-25(15-34)37-17-22-5-6-22/h13,20,22-25H,5-12,14-17H2,1-4H3,(H,32,35)/t20-,23?,24?/m1/s1. The predicted octanol–water partition coefficient (Wildman–Crippen LogP) is 5.33. The third-order valence-electron chi connectivity index (χ3n) is 9.73. The van der Waals surface area contributed by atoms with Gasteiger partial charge < -0.3 is 14.6 Å². The number of hydrogen-bond acceptors (Lipinski definition) is 5. The summed E-state index contributed by atoms with van der Waals surface area (Å²) >= 11 is 1.88. The van der Waals surface area contributed by atoms with Crippen molar-refractivity contribution in [3.63, 3.8) is 0 Å². The van der Waals surface area contributed by atoms with Crippen molar-refractivity contribution in [2.75, 3.05) is 26.2 Å². The number of thiophene rings is 1. The molecule has 1 amide bonds. The number of rotatable bonds is 8. The summed E-state index contributed by atoms with van der Waals surface area (Å²) in [6, 6.07) is 2.71. The third kappa shape index (κ3) is 5.14. The van der Waals surface area contributed by atoms with Gasteiger partial charge in [0.2, 0.25) is 0 Å². The predicted molar refractivity (Wildman–Crippen MR) is 152 cm³/mol. The number of pyridine rings is 1. The van der Waals surface area contributed by atoms with Gasteiger partial charge in [-0.05, 0) is 94.2 Å². The molecule has 0 unspecified atom stereocenters. The van der Waals surface area contributed by atoms with Crippen LogP contribution in [-0.4, -0.2) is 59.1 Å². The summed E-state index contributed by atoms with van der Waals surface area (Å²) in [5.74, 6) is 2.12. The number of nitrogens with zero attached hydrogens (tertiary/aromatic N) is 2. The second-order valence-electron chi connectivity index (χ2n) is 12.5. The van der Waals surface area contributed by atoms with Gasteiger partial charge in [0, 0.05) is 59.7 Å². The number of fused-ring (bicyclic) bond motifs is 1. The van der Waals surface area contributed by atoms with Gasteiger partial charge in [-0.25, -0.2) is 0 Å². The van der Waals surface area contributed by atoms with Crippen molar-refractivity contribution in [2.45, 2.75) is 97.2 Å². The molecule has 4 heterocycles. The molecule has 0 radical (unpaired) electrons. The van der Waals surface area contributed by atoms with Gasteiger partial charge in [-0.1, -0.05) is 6.92 Å². The van der Waals surface area contributed by atoms with Gasteiger partial charge in [-0.2, -0.15) is 0 Å². The summed E-state index contributed by atoms with van der Waals surface area (Å²) < 4.78 is 6.07. The van der Waals surface area contributed by atoms with Crippen LogP contribution in [0.25, 0.3) is 0 Å². The Morgan fingerprint density at radius 3 is 2.50 bits per heavy atom. The van der Waals surface area contributed by atoms with E-state index in [0.29, 0.717) is 36.6 Å². The lowest BCUT2D eigenvalue weighted by Crippen LogP contribution is -2.57. The molecule has 2 aliphatic carbocycles. The minimum absolute atomic E-state index is 0.0763. The van der Waals surface area contributed by atoms with E-state index in [-0.39, 0.29) is 11.5 Å². The number of aryl methyl sites for hydroxylation is 2. The average molecular weight is 538 g/mol. The van der Waals surface area contributed by atoms with E-state index in [9.17, 15) is 9.59 Å². The van der Waals surface area contributed by atoms with Crippen molar-refractivity contribution in [2.24, 2.45) is 11.8 Å². The number of aromatic nitrogens is 1. The van der Waals surface area contributed by atoms with Crippen LogP contribution < -0.4 is 5.56 Å². The molecular weight excluding hydrogens is 494 g/mol. The second-order valence-corrected chi connectivity index (χ2v) is 13.7. The topological polar surface area (TPSA) is 65.6 Å². The number of H-pyrrole nitrogens is 1. The van der Waals surface area contributed by atoms with Crippen molar-refractivity contribution in [3.8, 4) is 0 Å². The first-order chi connectivity index (χ1) is 18.3. The van der Waals surface area contributed by atoms with E-state index in [4.69, 9.17) is 4.74 Å². The number of carbonyl (C=O) groups is 1. The highest BCUT2D eigenvalue weighted by Crippen LogP contribution is 2.44. The highest BCUT2D eigenvalue weighted by atomic mass is 32.1. The summed E-state index contributed by atoms with van der Waals surface area (Å²) in [5.41, 5.74) is 4.53. The zero-order chi connectivity index (χ0) is 26.6. The van der Waals surface area contributed by atoms with Crippen LogP contribution in [0, 0.1) is 32.6 Å². The van der Waals surface area contributed by atoms with Gasteiger partial charge in [0.25, 0.3) is 11.5 Å². The maximum absolute atomic E-state index is 13.6. The van der Waals surface area contributed by atoms with Crippen LogP contribution in [0.3, 0.4) is 0 Å². The highest BCUT2D eigenvalue weighted by Gasteiger charge is 2.38. The molecule has 4 aliphatic rings. The van der Waals surface area contributed by atoms with E-state index in [1.165, 1.54) is 53.8 Å². The first-order valence-electron chi connectivity index (χ1n) is 14.7. The second kappa shape index (κ2) is 10.5. The van der Waals surface area contributed by atoms with Crippen LogP contribution in [0.4, 0.5) is 0 Å². The molecule has 38 heavy (non-hydrogen) atoms. The van der Waals surface area contributed by atoms with Gasteiger partial charge in [-0.15, -0.1) is 11.3 Å². The van der Waals surface area contributed by atoms with Crippen LogP contribution in [0.5, 0.6) is 0 Å². The molecule has 1 atom stereocenters. The van der Waals surface area contributed by atoms with E-state index in [2.05, 4.69) is 23.7 Å². The maximum atomic E-state index is 13.6. The number of hydrogen-bond donors (Lipinski definition) is 1. The molecule has 2 aromatic rings. The lowest BCUT2D eigenvalue weighted by molar-refractivity contribution is -0.0820. The Kier molecular flexibility index (Phi) is 7.29. The fraction of sp³-hybridized carbons (Fsp3) is 0.677. The van der Waals surface area contributed by atoms with E-state index in [1.807, 2.05) is 36.2 Å². The number of ether oxygens (including phenoxy) is 1.